The van der Waals surface area contributed by atoms with E-state index in [-0.39, 0.29) is 49.5 Å². The average molecular weight is 463 g/mol. The van der Waals surface area contributed by atoms with Gasteiger partial charge in [-0.25, -0.2) is 4.79 Å². The van der Waals surface area contributed by atoms with Crippen LogP contribution in [-0.2, 0) is 19.2 Å². The van der Waals surface area contributed by atoms with Crippen molar-refractivity contribution in [2.45, 2.75) is 57.7 Å². The zero-order chi connectivity index (χ0) is 24.5. The largest absolute Gasteiger partial charge is 0.491 e. The predicted octanol–water partition coefficient (Wildman–Crippen LogP) is -0.0667. The number of fused-ring (bicyclic) bond motifs is 1. The summed E-state index contributed by atoms with van der Waals surface area (Å²) in [6, 6.07) is 3.51. The summed E-state index contributed by atoms with van der Waals surface area (Å²) in [7, 11) is 0. The van der Waals surface area contributed by atoms with Crippen molar-refractivity contribution in [1.82, 2.24) is 16.0 Å². The van der Waals surface area contributed by atoms with Crippen LogP contribution in [0.15, 0.2) is 24.3 Å². The molecule has 180 valence electrons. The van der Waals surface area contributed by atoms with E-state index in [1.54, 1.807) is 18.2 Å². The summed E-state index contributed by atoms with van der Waals surface area (Å²) in [6.45, 7) is 3.76. The van der Waals surface area contributed by atoms with E-state index in [1.165, 1.54) is 6.07 Å². The number of rotatable bonds is 5. The van der Waals surface area contributed by atoms with Crippen molar-refractivity contribution < 1.29 is 33.8 Å². The first kappa shape index (κ1) is 25.6. The van der Waals surface area contributed by atoms with Crippen LogP contribution in [0.1, 0.15) is 49.9 Å². The van der Waals surface area contributed by atoms with E-state index in [0.717, 1.165) is 0 Å². The Morgan fingerprint density at radius 1 is 1.15 bits per heavy atom. The van der Waals surface area contributed by atoms with E-state index in [1.807, 2.05) is 13.8 Å². The van der Waals surface area contributed by atoms with Crippen LogP contribution in [0.5, 0.6) is 5.75 Å². The fourth-order valence-corrected chi connectivity index (χ4v) is 3.23. The van der Waals surface area contributed by atoms with Crippen molar-refractivity contribution in [2.75, 3.05) is 6.61 Å². The Labute approximate surface area is 191 Å². The number of carboxylic acids is 1. The number of benzene rings is 1. The summed E-state index contributed by atoms with van der Waals surface area (Å²) in [6.07, 6.45) is -0.596. The Kier molecular flexibility index (Phi) is 9.19. The highest BCUT2D eigenvalue weighted by molar-refractivity contribution is 5.99. The summed E-state index contributed by atoms with van der Waals surface area (Å²) >= 11 is 0. The van der Waals surface area contributed by atoms with E-state index in [0.29, 0.717) is 0 Å². The van der Waals surface area contributed by atoms with Gasteiger partial charge in [0.25, 0.3) is 5.91 Å². The molecule has 6 N–H and O–H groups in total. The molecule has 1 aliphatic heterocycles. The molecule has 4 amide bonds. The van der Waals surface area contributed by atoms with Gasteiger partial charge in [-0.1, -0.05) is 26.0 Å². The molecule has 1 aromatic carbocycles. The van der Waals surface area contributed by atoms with Gasteiger partial charge in [0.1, 0.15) is 24.4 Å². The second kappa shape index (κ2) is 11.8. The molecule has 1 aromatic rings. The SMILES string of the molecule is CC(C)[C@H]1COc2ccccc2C(=O)N[C@H](C(=O)O)CCC(=O)N[C@@H](CCC(N)=O)C(=O)N1. The molecule has 0 saturated heterocycles. The Morgan fingerprint density at radius 2 is 1.85 bits per heavy atom. The molecule has 11 heteroatoms. The lowest BCUT2D eigenvalue weighted by atomic mass is 10.0. The van der Waals surface area contributed by atoms with Crippen LogP contribution in [-0.4, -0.2) is 59.4 Å². The molecule has 11 nitrogen and oxygen atoms in total. The monoisotopic (exact) mass is 462 g/mol. The molecule has 0 saturated carbocycles. The second-order valence-electron chi connectivity index (χ2n) is 8.19. The minimum atomic E-state index is -1.33. The van der Waals surface area contributed by atoms with Crippen molar-refractivity contribution in [1.29, 1.82) is 0 Å². The molecule has 33 heavy (non-hydrogen) atoms. The number of hydrogen-bond donors (Lipinski definition) is 5. The Balaban J connectivity index is 2.37. The first-order valence-corrected chi connectivity index (χ1v) is 10.7. The molecule has 0 bridgehead atoms. The van der Waals surface area contributed by atoms with Gasteiger partial charge in [0, 0.05) is 12.8 Å². The average Bonchev–Trinajstić information content (AvgIpc) is 2.75. The van der Waals surface area contributed by atoms with E-state index in [2.05, 4.69) is 16.0 Å². The summed E-state index contributed by atoms with van der Waals surface area (Å²) in [5.41, 5.74) is 5.33. The lowest BCUT2D eigenvalue weighted by Crippen LogP contribution is -2.52. The summed E-state index contributed by atoms with van der Waals surface area (Å²) in [4.78, 5) is 60.9. The summed E-state index contributed by atoms with van der Waals surface area (Å²) in [5.74, 6) is -3.52. The zero-order valence-electron chi connectivity index (χ0n) is 18.6. The molecule has 0 fully saturated rings. The zero-order valence-corrected chi connectivity index (χ0v) is 18.6. The topological polar surface area (TPSA) is 177 Å². The lowest BCUT2D eigenvalue weighted by Gasteiger charge is -2.26. The first-order valence-electron chi connectivity index (χ1n) is 10.7. The molecule has 1 heterocycles. The van der Waals surface area contributed by atoms with Gasteiger partial charge < -0.3 is 31.5 Å². The number of nitrogens with one attached hydrogen (secondary N) is 3. The maximum absolute atomic E-state index is 12.9. The van der Waals surface area contributed by atoms with E-state index in [4.69, 9.17) is 10.5 Å². The third-order valence-electron chi connectivity index (χ3n) is 5.28. The molecular formula is C22H30N4O7. The standard InChI is InChI=1S/C22H30N4O7/c1-12(2)16-11-33-17-6-4-3-5-13(17)20(29)25-15(22(31)32)8-10-19(28)24-14(21(30)26-16)7-9-18(23)27/h3-6,12,14-16H,7-11H2,1-2H3,(H2,23,27)(H,24,28)(H,25,29)(H,26,30)(H,31,32)/t14-,15-,16+/m0/s1. The normalized spacial score (nSPS) is 22.5. The summed E-state index contributed by atoms with van der Waals surface area (Å²) in [5, 5.41) is 17.3. The third kappa shape index (κ3) is 7.78. The quantitative estimate of drug-likeness (QED) is 0.407. The van der Waals surface area contributed by atoms with Gasteiger partial charge in [0.2, 0.25) is 17.7 Å². The van der Waals surface area contributed by atoms with Crippen molar-refractivity contribution in [2.24, 2.45) is 11.7 Å². The number of carboxylic acid groups (broad SMARTS) is 1. The van der Waals surface area contributed by atoms with Crippen molar-refractivity contribution in [3.63, 3.8) is 0 Å². The smallest absolute Gasteiger partial charge is 0.326 e. The van der Waals surface area contributed by atoms with Gasteiger partial charge in [-0.3, -0.25) is 19.2 Å². The maximum atomic E-state index is 12.9. The van der Waals surface area contributed by atoms with Crippen LogP contribution >= 0.6 is 0 Å². The fourth-order valence-electron chi connectivity index (χ4n) is 3.23. The van der Waals surface area contributed by atoms with E-state index >= 15 is 0 Å². The first-order chi connectivity index (χ1) is 15.6. The van der Waals surface area contributed by atoms with Crippen LogP contribution in [0, 0.1) is 5.92 Å². The molecular weight excluding hydrogens is 432 g/mol. The number of primary amides is 1. The Morgan fingerprint density at radius 3 is 2.48 bits per heavy atom. The molecule has 0 aromatic heterocycles. The van der Waals surface area contributed by atoms with Gasteiger partial charge in [-0.2, -0.15) is 0 Å². The molecule has 2 rings (SSSR count). The Hall–Kier alpha value is -3.63. The van der Waals surface area contributed by atoms with Crippen LogP contribution in [0.25, 0.3) is 0 Å². The molecule has 0 unspecified atom stereocenters. The lowest BCUT2D eigenvalue weighted by molar-refractivity contribution is -0.139. The number of carbonyl (C=O) groups is 5. The van der Waals surface area contributed by atoms with Crippen LogP contribution in [0.2, 0.25) is 0 Å². The van der Waals surface area contributed by atoms with Crippen LogP contribution in [0.3, 0.4) is 0 Å². The van der Waals surface area contributed by atoms with Gasteiger partial charge in [-0.05, 0) is 30.9 Å². The van der Waals surface area contributed by atoms with Gasteiger partial charge in [-0.15, -0.1) is 0 Å². The van der Waals surface area contributed by atoms with Crippen molar-refractivity contribution in [3.8, 4) is 5.75 Å². The van der Waals surface area contributed by atoms with E-state index < -0.39 is 47.7 Å². The minimum absolute atomic E-state index is 0.0134. The number of nitrogens with two attached hydrogens (primary N) is 1. The highest BCUT2D eigenvalue weighted by atomic mass is 16.5. The maximum Gasteiger partial charge on any atom is 0.326 e. The van der Waals surface area contributed by atoms with Gasteiger partial charge >= 0.3 is 5.97 Å². The highest BCUT2D eigenvalue weighted by Crippen LogP contribution is 2.20. The number of ether oxygens (including phenoxy) is 1. The minimum Gasteiger partial charge on any atom is -0.491 e. The second-order valence-corrected chi connectivity index (χ2v) is 8.19. The predicted molar refractivity (Wildman–Crippen MR) is 117 cm³/mol. The Bertz CT molecular complexity index is 902. The highest BCUT2D eigenvalue weighted by Gasteiger charge is 2.28. The van der Waals surface area contributed by atoms with Crippen molar-refractivity contribution >= 4 is 29.6 Å². The summed E-state index contributed by atoms with van der Waals surface area (Å²) < 4.78 is 5.82. The number of amides is 4. The van der Waals surface area contributed by atoms with Gasteiger partial charge in [0.05, 0.1) is 11.6 Å². The molecule has 0 spiro atoms. The number of para-hydroxylation sites is 1. The molecule has 0 aliphatic carbocycles. The third-order valence-corrected chi connectivity index (χ3v) is 5.28. The number of aliphatic carboxylic acids is 1. The molecule has 1 aliphatic rings. The number of carbonyl (C=O) groups excluding carboxylic acids is 4. The van der Waals surface area contributed by atoms with Crippen LogP contribution < -0.4 is 26.4 Å². The van der Waals surface area contributed by atoms with E-state index in [9.17, 15) is 29.1 Å². The van der Waals surface area contributed by atoms with Crippen molar-refractivity contribution in [3.05, 3.63) is 29.8 Å². The molecule has 0 radical (unpaired) electrons. The van der Waals surface area contributed by atoms with Gasteiger partial charge in [0.15, 0.2) is 0 Å². The molecule has 3 atom stereocenters. The fraction of sp³-hybridized carbons (Fsp3) is 0.500. The van der Waals surface area contributed by atoms with Crippen LogP contribution in [0.4, 0.5) is 0 Å². The number of hydrogen-bond acceptors (Lipinski definition) is 6.